The lowest BCUT2D eigenvalue weighted by Gasteiger charge is -2.23. The van der Waals surface area contributed by atoms with E-state index in [1.54, 1.807) is 0 Å². The van der Waals surface area contributed by atoms with Gasteiger partial charge in [0.25, 0.3) is 5.56 Å². The highest BCUT2D eigenvalue weighted by Crippen LogP contribution is 2.27. The highest BCUT2D eigenvalue weighted by atomic mass is 19.4. The maximum absolute atomic E-state index is 12.5. The molecule has 134 valence electrons. The summed E-state index contributed by atoms with van der Waals surface area (Å²) in [5, 5.41) is 4.05. The largest absolute Gasteiger partial charge is 0.487 e. The summed E-state index contributed by atoms with van der Waals surface area (Å²) >= 11 is 0. The normalized spacial score (nSPS) is 18.1. The van der Waals surface area contributed by atoms with Gasteiger partial charge in [0.2, 0.25) is 0 Å². The van der Waals surface area contributed by atoms with E-state index < -0.39 is 11.9 Å². The van der Waals surface area contributed by atoms with Gasteiger partial charge in [0.05, 0.1) is 6.20 Å². The van der Waals surface area contributed by atoms with Gasteiger partial charge in [-0.3, -0.25) is 9.78 Å². The average molecular weight is 355 g/mol. The van der Waals surface area contributed by atoms with Crippen LogP contribution in [0.4, 0.5) is 13.2 Å². The SMILES string of the molecule is O=c1cc(OCc2ccc(C(F)(F)F)nc2)cnn1C1CCCCO1. The number of aromatic nitrogens is 3. The molecule has 2 aromatic heterocycles. The molecule has 0 aromatic carbocycles. The number of alkyl halides is 3. The van der Waals surface area contributed by atoms with Gasteiger partial charge in [0, 0.05) is 24.4 Å². The van der Waals surface area contributed by atoms with Crippen molar-refractivity contribution < 1.29 is 22.6 Å². The number of ether oxygens (including phenoxy) is 2. The fourth-order valence-corrected chi connectivity index (χ4v) is 2.46. The molecule has 0 saturated carbocycles. The van der Waals surface area contributed by atoms with E-state index in [0.717, 1.165) is 31.5 Å². The second-order valence-corrected chi connectivity index (χ2v) is 5.63. The fourth-order valence-electron chi connectivity index (χ4n) is 2.46. The van der Waals surface area contributed by atoms with Crippen LogP contribution < -0.4 is 10.3 Å². The van der Waals surface area contributed by atoms with E-state index in [-0.39, 0.29) is 24.1 Å². The second-order valence-electron chi connectivity index (χ2n) is 5.63. The maximum Gasteiger partial charge on any atom is 0.433 e. The van der Waals surface area contributed by atoms with Gasteiger partial charge >= 0.3 is 6.18 Å². The first-order chi connectivity index (χ1) is 11.9. The smallest absolute Gasteiger partial charge is 0.433 e. The Morgan fingerprint density at radius 3 is 2.72 bits per heavy atom. The quantitative estimate of drug-likeness (QED) is 0.844. The molecule has 9 heteroatoms. The molecule has 3 heterocycles. The minimum atomic E-state index is -4.48. The van der Waals surface area contributed by atoms with Crippen LogP contribution in [0.2, 0.25) is 0 Å². The van der Waals surface area contributed by atoms with Crippen LogP contribution in [0.1, 0.15) is 36.7 Å². The molecule has 2 aromatic rings. The van der Waals surface area contributed by atoms with E-state index in [1.165, 1.54) is 23.0 Å². The lowest BCUT2D eigenvalue weighted by atomic mass is 10.2. The minimum absolute atomic E-state index is 0.0177. The molecule has 0 spiro atoms. The maximum atomic E-state index is 12.5. The summed E-state index contributed by atoms with van der Waals surface area (Å²) in [5.41, 5.74) is -0.865. The van der Waals surface area contributed by atoms with Crippen molar-refractivity contribution in [1.82, 2.24) is 14.8 Å². The zero-order chi connectivity index (χ0) is 17.9. The first-order valence-electron chi connectivity index (χ1n) is 7.79. The van der Waals surface area contributed by atoms with E-state index >= 15 is 0 Å². The van der Waals surface area contributed by atoms with E-state index in [2.05, 4.69) is 10.1 Å². The summed E-state index contributed by atoms with van der Waals surface area (Å²) in [4.78, 5) is 15.5. The summed E-state index contributed by atoms with van der Waals surface area (Å²) < 4.78 is 49.6. The van der Waals surface area contributed by atoms with Crippen LogP contribution in [-0.4, -0.2) is 21.4 Å². The van der Waals surface area contributed by atoms with Crippen LogP contribution in [-0.2, 0) is 17.5 Å². The van der Waals surface area contributed by atoms with Gasteiger partial charge < -0.3 is 9.47 Å². The number of rotatable bonds is 4. The van der Waals surface area contributed by atoms with Gasteiger partial charge in [-0.05, 0) is 25.3 Å². The minimum Gasteiger partial charge on any atom is -0.487 e. The molecule has 1 fully saturated rings. The van der Waals surface area contributed by atoms with E-state index in [1.807, 2.05) is 0 Å². The third-order valence-corrected chi connectivity index (χ3v) is 3.75. The molecule has 0 amide bonds. The molecule has 1 unspecified atom stereocenters. The van der Waals surface area contributed by atoms with Crippen molar-refractivity contribution in [2.24, 2.45) is 0 Å². The van der Waals surface area contributed by atoms with Gasteiger partial charge in [0.1, 0.15) is 18.1 Å². The first kappa shape index (κ1) is 17.4. The zero-order valence-electron chi connectivity index (χ0n) is 13.2. The van der Waals surface area contributed by atoms with Crippen LogP contribution >= 0.6 is 0 Å². The van der Waals surface area contributed by atoms with Crippen molar-refractivity contribution in [3.63, 3.8) is 0 Å². The Kier molecular flexibility index (Phi) is 5.03. The first-order valence-corrected chi connectivity index (χ1v) is 7.79. The van der Waals surface area contributed by atoms with Crippen molar-refractivity contribution in [1.29, 1.82) is 0 Å². The molecule has 3 rings (SSSR count). The highest BCUT2D eigenvalue weighted by Gasteiger charge is 2.32. The van der Waals surface area contributed by atoms with Gasteiger partial charge in [-0.25, -0.2) is 4.68 Å². The number of nitrogens with zero attached hydrogens (tertiary/aromatic N) is 3. The van der Waals surface area contributed by atoms with Gasteiger partial charge in [-0.1, -0.05) is 6.07 Å². The van der Waals surface area contributed by atoms with Gasteiger partial charge in [-0.2, -0.15) is 18.3 Å². The Labute approximate surface area is 141 Å². The number of hydrogen-bond acceptors (Lipinski definition) is 5. The van der Waals surface area contributed by atoms with Crippen molar-refractivity contribution in [2.75, 3.05) is 6.61 Å². The van der Waals surface area contributed by atoms with Crippen LogP contribution in [0, 0.1) is 0 Å². The van der Waals surface area contributed by atoms with Gasteiger partial charge in [-0.15, -0.1) is 0 Å². The molecule has 1 atom stereocenters. The molecule has 0 N–H and O–H groups in total. The van der Waals surface area contributed by atoms with Crippen LogP contribution in [0.3, 0.4) is 0 Å². The van der Waals surface area contributed by atoms with E-state index in [0.29, 0.717) is 12.2 Å². The Balaban J connectivity index is 1.63. The third kappa shape index (κ3) is 4.36. The lowest BCUT2D eigenvalue weighted by molar-refractivity contribution is -0.141. The Morgan fingerprint density at radius 1 is 1.28 bits per heavy atom. The molecule has 0 aliphatic carbocycles. The summed E-state index contributed by atoms with van der Waals surface area (Å²) in [5.74, 6) is 0.233. The third-order valence-electron chi connectivity index (χ3n) is 3.75. The van der Waals surface area contributed by atoms with Crippen molar-refractivity contribution >= 4 is 0 Å². The molecular formula is C16H16F3N3O3. The monoisotopic (exact) mass is 355 g/mol. The lowest BCUT2D eigenvalue weighted by Crippen LogP contribution is -2.30. The standard InChI is InChI=1S/C16H16F3N3O3/c17-16(18,19)13-5-4-11(8-20-13)10-25-12-7-14(23)22(21-9-12)15-3-1-2-6-24-15/h4-5,7-9,15H,1-3,6,10H2. The van der Waals surface area contributed by atoms with Crippen molar-refractivity contribution in [3.05, 3.63) is 52.2 Å². The fraction of sp³-hybridized carbons (Fsp3) is 0.438. The van der Waals surface area contributed by atoms with Crippen molar-refractivity contribution in [2.45, 2.75) is 38.3 Å². The zero-order valence-corrected chi connectivity index (χ0v) is 13.2. The predicted molar refractivity (Wildman–Crippen MR) is 80.9 cm³/mol. The molecule has 0 bridgehead atoms. The Morgan fingerprint density at radius 2 is 2.12 bits per heavy atom. The number of pyridine rings is 1. The number of hydrogen-bond donors (Lipinski definition) is 0. The molecule has 0 radical (unpaired) electrons. The molecule has 1 aliphatic rings. The summed E-state index contributed by atoms with van der Waals surface area (Å²) in [6, 6.07) is 3.44. The van der Waals surface area contributed by atoms with Crippen LogP contribution in [0.25, 0.3) is 0 Å². The second kappa shape index (κ2) is 7.22. The molecule has 25 heavy (non-hydrogen) atoms. The van der Waals surface area contributed by atoms with Crippen LogP contribution in [0.15, 0.2) is 35.4 Å². The topological polar surface area (TPSA) is 66.2 Å². The Bertz CT molecular complexity index is 769. The molecule has 1 aliphatic heterocycles. The molecular weight excluding hydrogens is 339 g/mol. The summed E-state index contributed by atoms with van der Waals surface area (Å²) in [6.07, 6.45) is 0.296. The summed E-state index contributed by atoms with van der Waals surface area (Å²) in [6.45, 7) is 0.578. The predicted octanol–water partition coefficient (Wildman–Crippen LogP) is 2.94. The highest BCUT2D eigenvalue weighted by molar-refractivity contribution is 5.18. The average Bonchev–Trinajstić information content (AvgIpc) is 2.60. The van der Waals surface area contributed by atoms with E-state index in [9.17, 15) is 18.0 Å². The molecule has 6 nitrogen and oxygen atoms in total. The number of halogens is 3. The van der Waals surface area contributed by atoms with Gasteiger partial charge in [0.15, 0.2) is 6.23 Å². The van der Waals surface area contributed by atoms with Crippen LogP contribution in [0.5, 0.6) is 5.75 Å². The van der Waals surface area contributed by atoms with Crippen molar-refractivity contribution in [3.8, 4) is 5.75 Å². The summed E-state index contributed by atoms with van der Waals surface area (Å²) in [7, 11) is 0. The van der Waals surface area contributed by atoms with E-state index in [4.69, 9.17) is 9.47 Å². The molecule has 1 saturated heterocycles. The Hall–Kier alpha value is -2.42.